The number of rotatable bonds is 0. The summed E-state index contributed by atoms with van der Waals surface area (Å²) in [5.74, 6) is 0. The van der Waals surface area contributed by atoms with Gasteiger partial charge < -0.3 is 4.72 Å². The lowest BCUT2D eigenvalue weighted by Crippen LogP contribution is -2.05. The maximum atomic E-state index is 3.93. The monoisotopic (exact) mass is 128 g/mol. The Morgan fingerprint density at radius 3 is 2.75 bits per heavy atom. The van der Waals surface area contributed by atoms with Crippen molar-refractivity contribution in [3.8, 4) is 0 Å². The molecule has 0 saturated carbocycles. The summed E-state index contributed by atoms with van der Waals surface area (Å²) in [6.07, 6.45) is 1.86. The molecule has 0 saturated heterocycles. The van der Waals surface area contributed by atoms with Crippen LogP contribution in [0.15, 0.2) is 15.7 Å². The molecule has 0 radical (unpaired) electrons. The molecule has 0 aromatic heterocycles. The highest BCUT2D eigenvalue weighted by molar-refractivity contribution is 7.96. The smallest absolute Gasteiger partial charge is 0.0898 e. The molecule has 2 nitrogen and oxygen atoms in total. The third-order valence-electron chi connectivity index (χ3n) is 1.09. The van der Waals surface area contributed by atoms with E-state index in [4.69, 9.17) is 0 Å². The van der Waals surface area contributed by atoms with Crippen LogP contribution in [0.5, 0.6) is 0 Å². The van der Waals surface area contributed by atoms with Gasteiger partial charge in [0.15, 0.2) is 0 Å². The molecule has 44 valence electrons. The van der Waals surface area contributed by atoms with Gasteiger partial charge in [-0.25, -0.2) is 4.40 Å². The highest BCUT2D eigenvalue weighted by Gasteiger charge is 1.96. The molecule has 0 aliphatic carbocycles. The Kier molecular flexibility index (Phi) is 1.58. The molecule has 1 heterocycles. The van der Waals surface area contributed by atoms with E-state index in [1.165, 1.54) is 23.4 Å². The first kappa shape index (κ1) is 5.69. The summed E-state index contributed by atoms with van der Waals surface area (Å²) >= 11 is 1.37. The fourth-order valence-electron chi connectivity index (χ4n) is 0.378. The van der Waals surface area contributed by atoms with E-state index in [1.54, 1.807) is 0 Å². The van der Waals surface area contributed by atoms with Crippen LogP contribution >= 0.6 is 12.1 Å². The first-order valence-electron chi connectivity index (χ1n) is 2.43. The first-order valence-corrected chi connectivity index (χ1v) is 3.21. The number of allylic oxidation sites excluding steroid dienone is 2. The maximum absolute atomic E-state index is 3.93. The second-order valence-corrected chi connectivity index (χ2v) is 2.33. The summed E-state index contributed by atoms with van der Waals surface area (Å²) in [6, 6.07) is 0. The van der Waals surface area contributed by atoms with Crippen LogP contribution in [0.4, 0.5) is 0 Å². The van der Waals surface area contributed by atoms with Crippen molar-refractivity contribution >= 4 is 18.3 Å². The fourth-order valence-corrected chi connectivity index (χ4v) is 0.939. The van der Waals surface area contributed by atoms with E-state index in [-0.39, 0.29) is 0 Å². The molecule has 3 heteroatoms. The second-order valence-electron chi connectivity index (χ2n) is 1.74. The molecule has 1 aliphatic rings. The zero-order chi connectivity index (χ0) is 5.98. The minimum Gasteiger partial charge on any atom is -0.314 e. The van der Waals surface area contributed by atoms with E-state index in [2.05, 4.69) is 9.12 Å². The van der Waals surface area contributed by atoms with Gasteiger partial charge in [0, 0.05) is 11.9 Å². The van der Waals surface area contributed by atoms with Gasteiger partial charge in [0.25, 0.3) is 0 Å². The van der Waals surface area contributed by atoms with E-state index >= 15 is 0 Å². The van der Waals surface area contributed by atoms with Crippen LogP contribution in [0.25, 0.3) is 0 Å². The van der Waals surface area contributed by atoms with E-state index in [1.807, 2.05) is 20.1 Å². The van der Waals surface area contributed by atoms with Crippen LogP contribution in [0.2, 0.25) is 0 Å². The van der Waals surface area contributed by atoms with E-state index < -0.39 is 0 Å². The molecule has 1 aliphatic heterocycles. The van der Waals surface area contributed by atoms with Crippen molar-refractivity contribution in [1.29, 1.82) is 0 Å². The van der Waals surface area contributed by atoms with Crippen LogP contribution in [0.3, 0.4) is 0 Å². The quantitative estimate of drug-likeness (QED) is 0.500. The Bertz CT molecular complexity index is 149. The van der Waals surface area contributed by atoms with E-state index in [9.17, 15) is 0 Å². The fraction of sp³-hybridized carbons (Fsp3) is 0.400. The Balaban J connectivity index is 2.76. The third kappa shape index (κ3) is 1.04. The molecule has 0 aromatic carbocycles. The molecule has 0 atom stereocenters. The van der Waals surface area contributed by atoms with Gasteiger partial charge in [-0.3, -0.25) is 0 Å². The molecule has 0 aromatic rings. The largest absolute Gasteiger partial charge is 0.314 e. The SMILES string of the molecule is CC1=C(C)NSN=C1. The molecule has 0 bridgehead atoms. The molecule has 1 N–H and O–H groups in total. The van der Waals surface area contributed by atoms with E-state index in [0.29, 0.717) is 0 Å². The Labute approximate surface area is 53.3 Å². The van der Waals surface area contributed by atoms with Crippen LogP contribution in [0.1, 0.15) is 13.8 Å². The van der Waals surface area contributed by atoms with Gasteiger partial charge in [-0.05, 0) is 19.4 Å². The summed E-state index contributed by atoms with van der Waals surface area (Å²) in [5.41, 5.74) is 2.41. The number of hydrogen-bond acceptors (Lipinski definition) is 3. The van der Waals surface area contributed by atoms with Crippen molar-refractivity contribution in [3.63, 3.8) is 0 Å². The molecular weight excluding hydrogens is 120 g/mol. The van der Waals surface area contributed by atoms with Gasteiger partial charge in [0.05, 0.1) is 12.1 Å². The van der Waals surface area contributed by atoms with Crippen LogP contribution < -0.4 is 4.72 Å². The van der Waals surface area contributed by atoms with Gasteiger partial charge in [0.2, 0.25) is 0 Å². The summed E-state index contributed by atoms with van der Waals surface area (Å²) < 4.78 is 6.96. The third-order valence-corrected chi connectivity index (χ3v) is 1.70. The van der Waals surface area contributed by atoms with Gasteiger partial charge in [-0.1, -0.05) is 0 Å². The molecule has 0 unspecified atom stereocenters. The standard InChI is InChI=1S/C5H8N2S/c1-4-3-6-8-7-5(4)2/h3,7H,1-2H3. The Morgan fingerprint density at radius 2 is 2.38 bits per heavy atom. The van der Waals surface area contributed by atoms with Crippen molar-refractivity contribution < 1.29 is 0 Å². The molecule has 1 rings (SSSR count). The minimum absolute atomic E-state index is 1.20. The van der Waals surface area contributed by atoms with Crippen molar-refractivity contribution in [2.45, 2.75) is 13.8 Å². The zero-order valence-corrected chi connectivity index (χ0v) is 5.75. The summed E-state index contributed by atoms with van der Waals surface area (Å²) in [6.45, 7) is 4.07. The van der Waals surface area contributed by atoms with Gasteiger partial charge in [-0.2, -0.15) is 0 Å². The van der Waals surface area contributed by atoms with Crippen molar-refractivity contribution in [2.24, 2.45) is 4.40 Å². The van der Waals surface area contributed by atoms with Crippen molar-refractivity contribution in [1.82, 2.24) is 4.72 Å². The summed E-state index contributed by atoms with van der Waals surface area (Å²) in [5, 5.41) is 0. The molecule has 0 amide bonds. The van der Waals surface area contributed by atoms with Crippen LogP contribution in [-0.4, -0.2) is 6.21 Å². The van der Waals surface area contributed by atoms with Crippen LogP contribution in [0, 0.1) is 0 Å². The number of nitrogens with one attached hydrogen (secondary N) is 1. The van der Waals surface area contributed by atoms with Crippen molar-refractivity contribution in [2.75, 3.05) is 0 Å². The number of hydrogen-bond donors (Lipinski definition) is 1. The Hall–Kier alpha value is -0.440. The average Bonchev–Trinajstić information content (AvgIpc) is 1.77. The molecule has 8 heavy (non-hydrogen) atoms. The topological polar surface area (TPSA) is 24.4 Å². The Morgan fingerprint density at radius 1 is 1.62 bits per heavy atom. The predicted molar refractivity (Wildman–Crippen MR) is 37.6 cm³/mol. The van der Waals surface area contributed by atoms with Crippen LogP contribution in [-0.2, 0) is 0 Å². The molecular formula is C5H8N2S. The van der Waals surface area contributed by atoms with Gasteiger partial charge in [0.1, 0.15) is 0 Å². The van der Waals surface area contributed by atoms with Gasteiger partial charge >= 0.3 is 0 Å². The number of nitrogens with zero attached hydrogens (tertiary/aromatic N) is 1. The highest BCUT2D eigenvalue weighted by Crippen LogP contribution is 2.09. The second kappa shape index (κ2) is 2.22. The van der Waals surface area contributed by atoms with Crippen molar-refractivity contribution in [3.05, 3.63) is 11.3 Å². The first-order chi connectivity index (χ1) is 3.80. The zero-order valence-electron chi connectivity index (χ0n) is 4.93. The normalized spacial score (nSPS) is 18.8. The summed E-state index contributed by atoms with van der Waals surface area (Å²) in [4.78, 5) is 0. The molecule has 0 spiro atoms. The highest BCUT2D eigenvalue weighted by atomic mass is 32.2. The van der Waals surface area contributed by atoms with Gasteiger partial charge in [-0.15, -0.1) is 0 Å². The minimum atomic E-state index is 1.20. The average molecular weight is 128 g/mol. The predicted octanol–water partition coefficient (Wildman–Crippen LogP) is 1.52. The maximum Gasteiger partial charge on any atom is 0.0898 e. The lowest BCUT2D eigenvalue weighted by molar-refractivity contribution is 1.16. The van der Waals surface area contributed by atoms with E-state index in [0.717, 1.165) is 0 Å². The lowest BCUT2D eigenvalue weighted by Gasteiger charge is -2.07. The summed E-state index contributed by atoms with van der Waals surface area (Å²) in [7, 11) is 0. The lowest BCUT2D eigenvalue weighted by atomic mass is 10.3. The molecule has 0 fully saturated rings.